The van der Waals surface area contributed by atoms with Crippen molar-refractivity contribution in [1.82, 2.24) is 0 Å². The fourth-order valence-electron chi connectivity index (χ4n) is 1.44. The molecule has 1 fully saturated rings. The molecule has 0 radical (unpaired) electrons. The molecule has 1 aliphatic rings. The summed E-state index contributed by atoms with van der Waals surface area (Å²) in [5, 5.41) is 0. The molecule has 15 heavy (non-hydrogen) atoms. The van der Waals surface area contributed by atoms with E-state index in [1.165, 1.54) is 0 Å². The maximum absolute atomic E-state index is 11.1. The van der Waals surface area contributed by atoms with Crippen LogP contribution in [0.15, 0.2) is 0 Å². The predicted molar refractivity (Wildman–Crippen MR) is 54.2 cm³/mol. The molecule has 1 aliphatic heterocycles. The summed E-state index contributed by atoms with van der Waals surface area (Å²) in [5.41, 5.74) is 0. The molecule has 0 unspecified atom stereocenters. The molecule has 4 nitrogen and oxygen atoms in total. The number of hydrogen-bond donors (Lipinski definition) is 0. The lowest BCUT2D eigenvalue weighted by Crippen LogP contribution is -2.06. The molecule has 0 atom stereocenters. The summed E-state index contributed by atoms with van der Waals surface area (Å²) in [7, 11) is 0. The summed E-state index contributed by atoms with van der Waals surface area (Å²) in [5.74, 6) is -0.262. The van der Waals surface area contributed by atoms with Gasteiger partial charge in [0.1, 0.15) is 0 Å². The highest BCUT2D eigenvalue weighted by Crippen LogP contribution is 2.06. The summed E-state index contributed by atoms with van der Waals surface area (Å²) in [6.07, 6.45) is 4.93. The molecule has 0 N–H and O–H groups in total. The molecule has 4 heteroatoms. The van der Waals surface area contributed by atoms with Crippen LogP contribution in [0.4, 0.5) is 0 Å². The van der Waals surface area contributed by atoms with Gasteiger partial charge in [-0.2, -0.15) is 0 Å². The lowest BCUT2D eigenvalue weighted by atomic mass is 10.2. The Kier molecular flexibility index (Phi) is 5.81. The van der Waals surface area contributed by atoms with Crippen LogP contribution in [-0.4, -0.2) is 25.2 Å². The van der Waals surface area contributed by atoms with E-state index < -0.39 is 0 Å². The second-order valence-electron chi connectivity index (χ2n) is 3.71. The summed E-state index contributed by atoms with van der Waals surface area (Å²) in [6, 6.07) is 0. The summed E-state index contributed by atoms with van der Waals surface area (Å²) in [4.78, 5) is 22.2. The molecule has 1 heterocycles. The van der Waals surface area contributed by atoms with Gasteiger partial charge in [0.15, 0.2) is 0 Å². The Labute approximate surface area is 89.9 Å². The molecule has 1 saturated heterocycles. The molecule has 0 aromatic rings. The van der Waals surface area contributed by atoms with Crippen molar-refractivity contribution in [3.63, 3.8) is 0 Å². The van der Waals surface area contributed by atoms with Crippen molar-refractivity contribution >= 4 is 11.9 Å². The SMILES string of the molecule is O=C1CCCCCOC(=O)CCCCO1. The van der Waals surface area contributed by atoms with Gasteiger partial charge in [-0.05, 0) is 32.1 Å². The van der Waals surface area contributed by atoms with E-state index in [2.05, 4.69) is 0 Å². The molecule has 0 aromatic heterocycles. The average molecular weight is 214 g/mol. The van der Waals surface area contributed by atoms with Gasteiger partial charge in [0.05, 0.1) is 13.2 Å². The van der Waals surface area contributed by atoms with Gasteiger partial charge in [0.2, 0.25) is 0 Å². The van der Waals surface area contributed by atoms with E-state index in [1.807, 2.05) is 0 Å². The molecule has 0 aromatic carbocycles. The quantitative estimate of drug-likeness (QED) is 0.577. The third kappa shape index (κ3) is 6.10. The zero-order valence-electron chi connectivity index (χ0n) is 9.00. The Balaban J connectivity index is 2.26. The predicted octanol–water partition coefficient (Wildman–Crippen LogP) is 1.82. The standard InChI is InChI=1S/C11H18O4/c12-10-6-2-1-4-8-14-11(13)7-3-5-9-15-10/h1-9H2. The number of esters is 2. The lowest BCUT2D eigenvalue weighted by molar-refractivity contribution is -0.144. The fourth-order valence-corrected chi connectivity index (χ4v) is 1.44. The number of rotatable bonds is 0. The molecule has 0 aliphatic carbocycles. The minimum absolute atomic E-state index is 0.124. The van der Waals surface area contributed by atoms with Crippen molar-refractivity contribution in [3.8, 4) is 0 Å². The zero-order valence-corrected chi connectivity index (χ0v) is 9.00. The third-order valence-electron chi connectivity index (χ3n) is 2.33. The smallest absolute Gasteiger partial charge is 0.305 e. The van der Waals surface area contributed by atoms with Gasteiger partial charge >= 0.3 is 11.9 Å². The largest absolute Gasteiger partial charge is 0.466 e. The normalized spacial score (nSPS) is 21.6. The molecule has 0 saturated carbocycles. The number of carbonyl (C=O) groups excluding carboxylic acids is 2. The van der Waals surface area contributed by atoms with Crippen LogP contribution < -0.4 is 0 Å². The highest BCUT2D eigenvalue weighted by Gasteiger charge is 2.06. The van der Waals surface area contributed by atoms with Crippen LogP contribution in [0, 0.1) is 0 Å². The minimum atomic E-state index is -0.138. The maximum Gasteiger partial charge on any atom is 0.305 e. The van der Waals surface area contributed by atoms with Crippen molar-refractivity contribution in [1.29, 1.82) is 0 Å². The maximum atomic E-state index is 11.1. The Morgan fingerprint density at radius 3 is 1.73 bits per heavy atom. The molecule has 1 rings (SSSR count). The first-order valence-corrected chi connectivity index (χ1v) is 5.60. The van der Waals surface area contributed by atoms with Crippen LogP contribution in [0.3, 0.4) is 0 Å². The van der Waals surface area contributed by atoms with Gasteiger partial charge in [-0.1, -0.05) is 0 Å². The highest BCUT2D eigenvalue weighted by atomic mass is 16.5. The van der Waals surface area contributed by atoms with Crippen molar-refractivity contribution in [2.24, 2.45) is 0 Å². The number of carbonyl (C=O) groups is 2. The Bertz CT molecular complexity index is 191. The van der Waals surface area contributed by atoms with Gasteiger partial charge in [-0.25, -0.2) is 0 Å². The van der Waals surface area contributed by atoms with Crippen LogP contribution in [-0.2, 0) is 19.1 Å². The van der Waals surface area contributed by atoms with Gasteiger partial charge in [0, 0.05) is 12.8 Å². The Hall–Kier alpha value is -1.06. The van der Waals surface area contributed by atoms with Gasteiger partial charge < -0.3 is 9.47 Å². The number of hydrogen-bond acceptors (Lipinski definition) is 4. The monoisotopic (exact) mass is 214 g/mol. The van der Waals surface area contributed by atoms with E-state index in [0.29, 0.717) is 26.1 Å². The number of cyclic esters (lactones) is 2. The molecule has 86 valence electrons. The van der Waals surface area contributed by atoms with Crippen LogP contribution in [0.25, 0.3) is 0 Å². The van der Waals surface area contributed by atoms with Crippen molar-refractivity contribution in [3.05, 3.63) is 0 Å². The van der Waals surface area contributed by atoms with E-state index in [-0.39, 0.29) is 11.9 Å². The first kappa shape index (κ1) is 12.0. The number of ether oxygens (including phenoxy) is 2. The minimum Gasteiger partial charge on any atom is -0.466 e. The first-order chi connectivity index (χ1) is 7.29. The van der Waals surface area contributed by atoms with Gasteiger partial charge in [-0.15, -0.1) is 0 Å². The topological polar surface area (TPSA) is 52.6 Å². The van der Waals surface area contributed by atoms with Crippen molar-refractivity contribution < 1.29 is 19.1 Å². The van der Waals surface area contributed by atoms with E-state index in [1.54, 1.807) is 0 Å². The van der Waals surface area contributed by atoms with Crippen molar-refractivity contribution in [2.45, 2.75) is 44.9 Å². The molecular formula is C11H18O4. The molecular weight excluding hydrogens is 196 g/mol. The van der Waals surface area contributed by atoms with Crippen LogP contribution in [0.5, 0.6) is 0 Å². The third-order valence-corrected chi connectivity index (χ3v) is 2.33. The Morgan fingerprint density at radius 2 is 1.13 bits per heavy atom. The van der Waals surface area contributed by atoms with Crippen LogP contribution >= 0.6 is 0 Å². The van der Waals surface area contributed by atoms with Crippen LogP contribution in [0.2, 0.25) is 0 Å². The second kappa shape index (κ2) is 7.26. The zero-order chi connectivity index (χ0) is 10.9. The van der Waals surface area contributed by atoms with E-state index in [4.69, 9.17) is 9.47 Å². The second-order valence-corrected chi connectivity index (χ2v) is 3.71. The first-order valence-electron chi connectivity index (χ1n) is 5.60. The molecule has 0 spiro atoms. The van der Waals surface area contributed by atoms with Gasteiger partial charge in [0.25, 0.3) is 0 Å². The van der Waals surface area contributed by atoms with Gasteiger partial charge in [-0.3, -0.25) is 9.59 Å². The van der Waals surface area contributed by atoms with Crippen molar-refractivity contribution in [2.75, 3.05) is 13.2 Å². The molecule has 0 amide bonds. The van der Waals surface area contributed by atoms with E-state index in [0.717, 1.165) is 32.1 Å². The fraction of sp³-hybridized carbons (Fsp3) is 0.818. The summed E-state index contributed by atoms with van der Waals surface area (Å²) >= 11 is 0. The van der Waals surface area contributed by atoms with Crippen LogP contribution in [0.1, 0.15) is 44.9 Å². The molecule has 0 bridgehead atoms. The van der Waals surface area contributed by atoms with E-state index >= 15 is 0 Å². The lowest BCUT2D eigenvalue weighted by Gasteiger charge is -2.03. The Morgan fingerprint density at radius 1 is 0.667 bits per heavy atom. The average Bonchev–Trinajstić information content (AvgIpc) is 2.23. The van der Waals surface area contributed by atoms with E-state index in [9.17, 15) is 9.59 Å². The summed E-state index contributed by atoms with van der Waals surface area (Å²) < 4.78 is 10.0. The highest BCUT2D eigenvalue weighted by molar-refractivity contribution is 5.69. The summed E-state index contributed by atoms with van der Waals surface area (Å²) in [6.45, 7) is 0.903.